The van der Waals surface area contributed by atoms with Crippen LogP contribution in [0.15, 0.2) is 0 Å². The van der Waals surface area contributed by atoms with Gasteiger partial charge in [0.2, 0.25) is 6.43 Å². The standard InChI is InChI=1S/C6H9F2N/c7-5(8)6-1-4(6)2-9-3-6/h4-5,9H,1-3H2/t4-,6-/m0/s1. The van der Waals surface area contributed by atoms with Gasteiger partial charge in [0.25, 0.3) is 0 Å². The Morgan fingerprint density at radius 1 is 1.56 bits per heavy atom. The lowest BCUT2D eigenvalue weighted by atomic mass is 10.1. The highest BCUT2D eigenvalue weighted by molar-refractivity contribution is 5.10. The summed E-state index contributed by atoms with van der Waals surface area (Å²) in [5, 5.41) is 2.96. The van der Waals surface area contributed by atoms with E-state index in [4.69, 9.17) is 0 Å². The fourth-order valence-corrected chi connectivity index (χ4v) is 1.72. The van der Waals surface area contributed by atoms with Crippen LogP contribution in [-0.2, 0) is 0 Å². The second-order valence-electron chi connectivity index (χ2n) is 3.07. The first-order valence-corrected chi connectivity index (χ1v) is 3.24. The van der Waals surface area contributed by atoms with Crippen LogP contribution in [0.25, 0.3) is 0 Å². The number of halogens is 2. The van der Waals surface area contributed by atoms with Crippen LogP contribution in [0.1, 0.15) is 6.42 Å². The van der Waals surface area contributed by atoms with E-state index in [0.717, 1.165) is 13.0 Å². The van der Waals surface area contributed by atoms with Crippen LogP contribution in [-0.4, -0.2) is 19.5 Å². The summed E-state index contributed by atoms with van der Waals surface area (Å²) in [6.45, 7) is 1.35. The molecule has 0 spiro atoms. The largest absolute Gasteiger partial charge is 0.316 e. The molecule has 0 aromatic rings. The molecule has 1 nitrogen and oxygen atoms in total. The van der Waals surface area contributed by atoms with Gasteiger partial charge in [-0.25, -0.2) is 8.78 Å². The first-order valence-electron chi connectivity index (χ1n) is 3.24. The summed E-state index contributed by atoms with van der Waals surface area (Å²) >= 11 is 0. The number of rotatable bonds is 1. The lowest BCUT2D eigenvalue weighted by Gasteiger charge is -2.07. The number of nitrogens with one attached hydrogen (secondary N) is 1. The molecule has 1 aliphatic carbocycles. The van der Waals surface area contributed by atoms with Crippen molar-refractivity contribution in [1.82, 2.24) is 5.32 Å². The maximum atomic E-state index is 12.1. The molecule has 0 unspecified atom stereocenters. The zero-order valence-electron chi connectivity index (χ0n) is 5.03. The van der Waals surface area contributed by atoms with Crippen LogP contribution >= 0.6 is 0 Å². The zero-order chi connectivity index (χ0) is 6.48. The summed E-state index contributed by atoms with van der Waals surface area (Å²) in [7, 11) is 0. The first kappa shape index (κ1) is 5.59. The molecule has 0 amide bonds. The topological polar surface area (TPSA) is 12.0 Å². The lowest BCUT2D eigenvalue weighted by Crippen LogP contribution is -2.21. The van der Waals surface area contributed by atoms with E-state index in [1.165, 1.54) is 0 Å². The Balaban J connectivity index is 2.10. The minimum atomic E-state index is -2.10. The van der Waals surface area contributed by atoms with Gasteiger partial charge in [0, 0.05) is 12.0 Å². The molecular formula is C6H9F2N. The van der Waals surface area contributed by atoms with Gasteiger partial charge in [0.15, 0.2) is 0 Å². The Hall–Kier alpha value is -0.180. The average molecular weight is 133 g/mol. The summed E-state index contributed by atoms with van der Waals surface area (Å²) in [5.74, 6) is 0.289. The summed E-state index contributed by atoms with van der Waals surface area (Å²) in [6, 6.07) is 0. The van der Waals surface area contributed by atoms with Crippen molar-refractivity contribution in [3.8, 4) is 0 Å². The highest BCUT2D eigenvalue weighted by Crippen LogP contribution is 2.58. The average Bonchev–Trinajstić information content (AvgIpc) is 2.38. The van der Waals surface area contributed by atoms with Gasteiger partial charge in [0.1, 0.15) is 0 Å². The quantitative estimate of drug-likeness (QED) is 0.559. The summed E-state index contributed by atoms with van der Waals surface area (Å²) < 4.78 is 24.3. The molecule has 0 bridgehead atoms. The molecule has 2 aliphatic rings. The molecule has 52 valence electrons. The second-order valence-corrected chi connectivity index (χ2v) is 3.07. The predicted molar refractivity (Wildman–Crippen MR) is 29.4 cm³/mol. The van der Waals surface area contributed by atoms with Crippen LogP contribution < -0.4 is 5.32 Å². The molecular weight excluding hydrogens is 124 g/mol. The maximum Gasteiger partial charge on any atom is 0.245 e. The van der Waals surface area contributed by atoms with E-state index < -0.39 is 11.8 Å². The van der Waals surface area contributed by atoms with E-state index >= 15 is 0 Å². The minimum Gasteiger partial charge on any atom is -0.316 e. The number of piperidine rings is 1. The predicted octanol–water partition coefficient (Wildman–Crippen LogP) is 0.861. The van der Waals surface area contributed by atoms with Gasteiger partial charge < -0.3 is 5.32 Å². The Morgan fingerprint density at radius 3 is 2.56 bits per heavy atom. The smallest absolute Gasteiger partial charge is 0.245 e. The van der Waals surface area contributed by atoms with Crippen molar-refractivity contribution in [2.45, 2.75) is 12.8 Å². The Labute approximate surface area is 52.4 Å². The van der Waals surface area contributed by atoms with Gasteiger partial charge in [-0.15, -0.1) is 0 Å². The fourth-order valence-electron chi connectivity index (χ4n) is 1.72. The molecule has 0 radical (unpaired) electrons. The number of fused-ring (bicyclic) bond motifs is 1. The van der Waals surface area contributed by atoms with Crippen LogP contribution in [0.5, 0.6) is 0 Å². The van der Waals surface area contributed by atoms with Crippen LogP contribution in [0.4, 0.5) is 8.78 Å². The molecule has 1 saturated heterocycles. The van der Waals surface area contributed by atoms with Gasteiger partial charge in [-0.05, 0) is 18.9 Å². The molecule has 1 heterocycles. The van der Waals surface area contributed by atoms with E-state index in [-0.39, 0.29) is 5.92 Å². The molecule has 1 N–H and O–H groups in total. The van der Waals surface area contributed by atoms with Crippen molar-refractivity contribution in [3.05, 3.63) is 0 Å². The zero-order valence-corrected chi connectivity index (χ0v) is 5.03. The fraction of sp³-hybridized carbons (Fsp3) is 1.00. The summed E-state index contributed by atoms with van der Waals surface area (Å²) in [6.07, 6.45) is -1.35. The Morgan fingerprint density at radius 2 is 2.33 bits per heavy atom. The molecule has 1 aliphatic heterocycles. The van der Waals surface area contributed by atoms with Gasteiger partial charge in [-0.2, -0.15) is 0 Å². The van der Waals surface area contributed by atoms with E-state index in [1.54, 1.807) is 0 Å². The molecule has 3 heteroatoms. The van der Waals surface area contributed by atoms with E-state index in [1.807, 2.05) is 0 Å². The number of hydrogen-bond acceptors (Lipinski definition) is 1. The molecule has 2 atom stereocenters. The second kappa shape index (κ2) is 1.45. The maximum absolute atomic E-state index is 12.1. The molecule has 2 rings (SSSR count). The van der Waals surface area contributed by atoms with Gasteiger partial charge in [-0.1, -0.05) is 0 Å². The number of alkyl halides is 2. The van der Waals surface area contributed by atoms with Crippen molar-refractivity contribution < 1.29 is 8.78 Å². The normalized spacial score (nSPS) is 47.7. The third kappa shape index (κ3) is 0.556. The Bertz CT molecular complexity index is 133. The summed E-state index contributed by atoms with van der Waals surface area (Å²) in [5.41, 5.74) is -0.583. The van der Waals surface area contributed by atoms with E-state index in [0.29, 0.717) is 6.54 Å². The van der Waals surface area contributed by atoms with Crippen LogP contribution in [0.2, 0.25) is 0 Å². The monoisotopic (exact) mass is 133 g/mol. The van der Waals surface area contributed by atoms with Crippen molar-refractivity contribution in [1.29, 1.82) is 0 Å². The van der Waals surface area contributed by atoms with Gasteiger partial charge in [-0.3, -0.25) is 0 Å². The third-order valence-corrected chi connectivity index (χ3v) is 2.56. The molecule has 0 aromatic carbocycles. The van der Waals surface area contributed by atoms with Crippen molar-refractivity contribution in [2.75, 3.05) is 13.1 Å². The van der Waals surface area contributed by atoms with Crippen LogP contribution in [0, 0.1) is 11.3 Å². The van der Waals surface area contributed by atoms with E-state index in [9.17, 15) is 8.78 Å². The highest BCUT2D eigenvalue weighted by atomic mass is 19.3. The van der Waals surface area contributed by atoms with E-state index in [2.05, 4.69) is 5.32 Å². The molecule has 2 fully saturated rings. The Kier molecular flexibility index (Phi) is 0.903. The summed E-state index contributed by atoms with van der Waals surface area (Å²) in [4.78, 5) is 0. The third-order valence-electron chi connectivity index (χ3n) is 2.56. The molecule has 0 aromatic heterocycles. The first-order chi connectivity index (χ1) is 4.26. The minimum absolute atomic E-state index is 0.289. The highest BCUT2D eigenvalue weighted by Gasteiger charge is 2.63. The van der Waals surface area contributed by atoms with Crippen molar-refractivity contribution in [3.63, 3.8) is 0 Å². The lowest BCUT2D eigenvalue weighted by molar-refractivity contribution is 0.0642. The van der Waals surface area contributed by atoms with Gasteiger partial charge in [0.05, 0.1) is 0 Å². The molecule has 1 saturated carbocycles. The SMILES string of the molecule is FC(F)[C@@]12CNC[C@@H]1C2. The van der Waals surface area contributed by atoms with Crippen LogP contribution in [0.3, 0.4) is 0 Å². The number of hydrogen-bond donors (Lipinski definition) is 1. The molecule has 9 heavy (non-hydrogen) atoms. The van der Waals surface area contributed by atoms with Crippen molar-refractivity contribution >= 4 is 0 Å². The van der Waals surface area contributed by atoms with Crippen molar-refractivity contribution in [2.24, 2.45) is 11.3 Å². The van der Waals surface area contributed by atoms with Gasteiger partial charge >= 0.3 is 0 Å².